The first-order valence-corrected chi connectivity index (χ1v) is 11.4. The van der Waals surface area contributed by atoms with Gasteiger partial charge in [0.25, 0.3) is 0 Å². The van der Waals surface area contributed by atoms with Crippen molar-refractivity contribution in [2.24, 2.45) is 0 Å². The molecule has 168 valence electrons. The zero-order valence-electron chi connectivity index (χ0n) is 17.7. The van der Waals surface area contributed by atoms with Gasteiger partial charge in [-0.05, 0) is 42.3 Å². The number of rotatable bonds is 8. The molecule has 2 aromatic carbocycles. The van der Waals surface area contributed by atoms with E-state index >= 15 is 0 Å². The lowest BCUT2D eigenvalue weighted by atomic mass is 10.2. The molecule has 0 bridgehead atoms. The first kappa shape index (κ1) is 23.5. The van der Waals surface area contributed by atoms with E-state index in [1.165, 1.54) is 20.1 Å². The second-order valence-electron chi connectivity index (χ2n) is 6.85. The third-order valence-electron chi connectivity index (χ3n) is 4.50. The Kier molecular flexibility index (Phi) is 7.34. The summed E-state index contributed by atoms with van der Waals surface area (Å²) in [5.41, 5.74) is 2.21. The molecule has 1 amide bonds. The summed E-state index contributed by atoms with van der Waals surface area (Å²) in [7, 11) is -2.51. The summed E-state index contributed by atoms with van der Waals surface area (Å²) in [6, 6.07) is 11.7. The van der Waals surface area contributed by atoms with Crippen molar-refractivity contribution < 1.29 is 22.5 Å². The smallest absolute Gasteiger partial charge is 0.244 e. The number of aromatic nitrogens is 1. The summed E-state index contributed by atoms with van der Waals surface area (Å²) >= 11 is 6.12. The van der Waals surface area contributed by atoms with Crippen molar-refractivity contribution in [3.05, 3.63) is 70.1 Å². The number of hydrogen-bond acceptors (Lipinski definition) is 6. The molecule has 0 spiro atoms. The molecule has 0 radical (unpaired) electrons. The largest absolute Gasteiger partial charge is 0.495 e. The van der Waals surface area contributed by atoms with Crippen LogP contribution >= 0.6 is 11.6 Å². The van der Waals surface area contributed by atoms with Crippen molar-refractivity contribution in [1.29, 1.82) is 0 Å². The predicted octanol–water partition coefficient (Wildman–Crippen LogP) is 4.25. The molecule has 8 nitrogen and oxygen atoms in total. The molecule has 3 aromatic rings. The zero-order chi connectivity index (χ0) is 23.3. The number of anilines is 1. The maximum absolute atomic E-state index is 13.0. The van der Waals surface area contributed by atoms with Crippen LogP contribution in [0.15, 0.2) is 51.9 Å². The number of methoxy groups -OCH3 is 1. The van der Waals surface area contributed by atoms with E-state index in [0.717, 1.165) is 0 Å². The number of aryl methyl sites for hydroxylation is 1. The topological polar surface area (TPSA) is 111 Å². The maximum Gasteiger partial charge on any atom is 0.244 e. The van der Waals surface area contributed by atoms with Crippen LogP contribution in [0, 0.1) is 6.92 Å². The fraction of sp³-hybridized carbons (Fsp3) is 0.182. The van der Waals surface area contributed by atoms with Crippen LogP contribution in [0.5, 0.6) is 5.75 Å². The third kappa shape index (κ3) is 5.56. The minimum atomic E-state index is -3.90. The lowest BCUT2D eigenvalue weighted by Gasteiger charge is -2.12. The molecular weight excluding hydrogens is 454 g/mol. The van der Waals surface area contributed by atoms with E-state index in [1.54, 1.807) is 55.5 Å². The van der Waals surface area contributed by atoms with Gasteiger partial charge in [-0.25, -0.2) is 13.1 Å². The van der Waals surface area contributed by atoms with Gasteiger partial charge in [0.05, 0.1) is 7.11 Å². The van der Waals surface area contributed by atoms with Crippen molar-refractivity contribution in [3.63, 3.8) is 0 Å². The highest BCUT2D eigenvalue weighted by atomic mass is 35.5. The highest BCUT2D eigenvalue weighted by Gasteiger charge is 2.20. The number of ether oxygens (including phenoxy) is 1. The Balaban J connectivity index is 1.88. The molecule has 3 rings (SSSR count). The minimum Gasteiger partial charge on any atom is -0.495 e. The van der Waals surface area contributed by atoms with Crippen LogP contribution in [0.1, 0.15) is 29.5 Å². The van der Waals surface area contributed by atoms with Crippen LogP contribution in [0.2, 0.25) is 5.02 Å². The SMILES string of the molecule is COc1ccc(C=Cc2onc(C)c2NC(C)=O)cc1S(=O)(=O)NCc1ccccc1Cl. The monoisotopic (exact) mass is 475 g/mol. The van der Waals surface area contributed by atoms with Gasteiger partial charge in [-0.2, -0.15) is 0 Å². The number of benzene rings is 2. The Hall–Kier alpha value is -3.14. The molecule has 0 aliphatic rings. The van der Waals surface area contributed by atoms with Crippen molar-refractivity contribution in [1.82, 2.24) is 9.88 Å². The van der Waals surface area contributed by atoms with Gasteiger partial charge in [-0.15, -0.1) is 0 Å². The number of sulfonamides is 1. The van der Waals surface area contributed by atoms with Crippen LogP contribution in [0.4, 0.5) is 5.69 Å². The van der Waals surface area contributed by atoms with Crippen molar-refractivity contribution >= 4 is 45.4 Å². The van der Waals surface area contributed by atoms with Crippen molar-refractivity contribution in [2.45, 2.75) is 25.3 Å². The molecule has 10 heteroatoms. The van der Waals surface area contributed by atoms with Crippen LogP contribution in [-0.4, -0.2) is 26.6 Å². The highest BCUT2D eigenvalue weighted by molar-refractivity contribution is 7.89. The maximum atomic E-state index is 13.0. The first-order valence-electron chi connectivity index (χ1n) is 9.54. The van der Waals surface area contributed by atoms with E-state index in [9.17, 15) is 13.2 Å². The van der Waals surface area contributed by atoms with Gasteiger partial charge in [-0.1, -0.05) is 47.1 Å². The molecule has 0 aliphatic carbocycles. The molecule has 0 fully saturated rings. The van der Waals surface area contributed by atoms with Crippen LogP contribution in [-0.2, 0) is 21.4 Å². The summed E-state index contributed by atoms with van der Waals surface area (Å²) < 4.78 is 39.0. The lowest BCUT2D eigenvalue weighted by molar-refractivity contribution is -0.114. The van der Waals surface area contributed by atoms with E-state index in [-0.39, 0.29) is 23.1 Å². The molecule has 0 atom stereocenters. The van der Waals surface area contributed by atoms with Crippen molar-refractivity contribution in [2.75, 3.05) is 12.4 Å². The zero-order valence-corrected chi connectivity index (χ0v) is 19.3. The molecule has 32 heavy (non-hydrogen) atoms. The fourth-order valence-electron chi connectivity index (χ4n) is 2.90. The quantitative estimate of drug-likeness (QED) is 0.503. The summed E-state index contributed by atoms with van der Waals surface area (Å²) in [6.45, 7) is 3.12. The average Bonchev–Trinajstić information content (AvgIpc) is 3.10. The molecular formula is C22H22ClN3O5S. The summed E-state index contributed by atoms with van der Waals surface area (Å²) in [5.74, 6) is 0.284. The molecule has 1 heterocycles. The van der Waals surface area contributed by atoms with Gasteiger partial charge in [0.15, 0.2) is 5.76 Å². The summed E-state index contributed by atoms with van der Waals surface area (Å²) in [5, 5.41) is 6.98. The number of nitrogens with one attached hydrogen (secondary N) is 2. The molecule has 1 aromatic heterocycles. The lowest BCUT2D eigenvalue weighted by Crippen LogP contribution is -2.24. The van der Waals surface area contributed by atoms with E-state index in [1.807, 2.05) is 0 Å². The average molecular weight is 476 g/mol. The third-order valence-corrected chi connectivity index (χ3v) is 6.30. The van der Waals surface area contributed by atoms with E-state index in [2.05, 4.69) is 15.2 Å². The Morgan fingerprint density at radius 3 is 2.66 bits per heavy atom. The normalized spacial score (nSPS) is 11.6. The molecule has 0 saturated carbocycles. The van der Waals surface area contributed by atoms with Gasteiger partial charge in [0.1, 0.15) is 22.0 Å². The predicted molar refractivity (Wildman–Crippen MR) is 123 cm³/mol. The number of carbonyl (C=O) groups is 1. The van der Waals surface area contributed by atoms with Crippen LogP contribution in [0.25, 0.3) is 12.2 Å². The number of carbonyl (C=O) groups excluding carboxylic acids is 1. The second kappa shape index (κ2) is 9.99. The van der Waals surface area contributed by atoms with E-state index < -0.39 is 10.0 Å². The summed E-state index contributed by atoms with van der Waals surface area (Å²) in [4.78, 5) is 11.4. The standard InChI is InChI=1S/C22H22ClN3O5S/c1-14-22(25-15(2)27)20(31-26-14)11-9-16-8-10-19(30-3)21(12-16)32(28,29)24-13-17-6-4-5-7-18(17)23/h4-12,24H,13H2,1-3H3,(H,25,27). The van der Waals surface area contributed by atoms with Gasteiger partial charge < -0.3 is 14.6 Å². The van der Waals surface area contributed by atoms with E-state index in [0.29, 0.717) is 33.3 Å². The Morgan fingerprint density at radius 1 is 1.22 bits per heavy atom. The molecule has 0 unspecified atom stereocenters. The van der Waals surface area contributed by atoms with Gasteiger partial charge in [0, 0.05) is 18.5 Å². The second-order valence-corrected chi connectivity index (χ2v) is 8.99. The van der Waals surface area contributed by atoms with Crippen LogP contribution in [0.3, 0.4) is 0 Å². The number of amides is 1. The highest BCUT2D eigenvalue weighted by Crippen LogP contribution is 2.27. The number of hydrogen-bond donors (Lipinski definition) is 2. The molecule has 2 N–H and O–H groups in total. The van der Waals surface area contributed by atoms with Gasteiger partial charge in [-0.3, -0.25) is 4.79 Å². The Morgan fingerprint density at radius 2 is 1.97 bits per heavy atom. The van der Waals surface area contributed by atoms with Gasteiger partial charge >= 0.3 is 0 Å². The van der Waals surface area contributed by atoms with Gasteiger partial charge in [0.2, 0.25) is 15.9 Å². The fourth-order valence-corrected chi connectivity index (χ4v) is 4.31. The van der Waals surface area contributed by atoms with E-state index in [4.69, 9.17) is 20.9 Å². The molecule has 0 aliphatic heterocycles. The van der Waals surface area contributed by atoms with Crippen LogP contribution < -0.4 is 14.8 Å². The number of halogens is 1. The first-order chi connectivity index (χ1) is 15.2. The molecule has 0 saturated heterocycles. The van der Waals surface area contributed by atoms with Crippen molar-refractivity contribution in [3.8, 4) is 5.75 Å². The minimum absolute atomic E-state index is 0.0231. The summed E-state index contributed by atoms with van der Waals surface area (Å²) in [6.07, 6.45) is 3.25. The Labute approximate surface area is 191 Å². The Bertz CT molecular complexity index is 1270. The number of nitrogens with zero attached hydrogens (tertiary/aromatic N) is 1.